The highest BCUT2D eigenvalue weighted by molar-refractivity contribution is 5.66. The smallest absolute Gasteiger partial charge is 0.303 e. The quantitative estimate of drug-likeness (QED) is 0.144. The van der Waals surface area contributed by atoms with E-state index in [9.17, 15) is 9.90 Å². The largest absolute Gasteiger partial charge is 0.481 e. The molecule has 4 saturated carbocycles. The molecule has 9 atom stereocenters. The molecule has 232 valence electrons. The van der Waals surface area contributed by atoms with E-state index in [1.165, 1.54) is 77.0 Å². The van der Waals surface area contributed by atoms with Crippen LogP contribution in [0.5, 0.6) is 0 Å². The molecule has 0 aromatic carbocycles. The van der Waals surface area contributed by atoms with Gasteiger partial charge in [0.2, 0.25) is 0 Å². The average Bonchev–Trinajstić information content (AvgIpc) is 3.29. The predicted molar refractivity (Wildman–Crippen MR) is 166 cm³/mol. The molecular weight excluding hydrogens is 496 g/mol. The highest BCUT2D eigenvalue weighted by atomic mass is 16.4. The Hall–Kier alpha value is -0.690. The van der Waals surface area contributed by atoms with E-state index < -0.39 is 5.97 Å². The minimum atomic E-state index is -0.628. The summed E-state index contributed by atoms with van der Waals surface area (Å²) in [5.74, 6) is 4.23. The minimum Gasteiger partial charge on any atom is -0.481 e. The van der Waals surface area contributed by atoms with E-state index in [0.29, 0.717) is 29.2 Å². The molecule has 0 amide bonds. The van der Waals surface area contributed by atoms with E-state index in [4.69, 9.17) is 5.73 Å². The van der Waals surface area contributed by atoms with Crippen LogP contribution in [-0.4, -0.2) is 56.4 Å². The van der Waals surface area contributed by atoms with E-state index >= 15 is 0 Å². The second-order valence-electron chi connectivity index (χ2n) is 14.9. The monoisotopic (exact) mass is 561 g/mol. The lowest BCUT2D eigenvalue weighted by Gasteiger charge is -2.61. The van der Waals surface area contributed by atoms with Gasteiger partial charge in [-0.15, -0.1) is 0 Å². The van der Waals surface area contributed by atoms with Crippen LogP contribution in [0.15, 0.2) is 0 Å². The van der Waals surface area contributed by atoms with Crippen molar-refractivity contribution in [2.24, 2.45) is 52.1 Å². The molecule has 40 heavy (non-hydrogen) atoms. The Morgan fingerprint density at radius 2 is 1.52 bits per heavy atom. The van der Waals surface area contributed by atoms with Crippen molar-refractivity contribution in [1.29, 1.82) is 0 Å². The highest BCUT2D eigenvalue weighted by Crippen LogP contribution is 2.68. The second kappa shape index (κ2) is 15.2. The fourth-order valence-electron chi connectivity index (χ4n) is 10.5. The first kappa shape index (κ1) is 32.2. The van der Waals surface area contributed by atoms with E-state index in [0.717, 1.165) is 81.7 Å². The number of hydrogen-bond acceptors (Lipinski definition) is 5. The van der Waals surface area contributed by atoms with Crippen molar-refractivity contribution in [3.63, 3.8) is 0 Å². The Morgan fingerprint density at radius 1 is 0.850 bits per heavy atom. The molecule has 6 nitrogen and oxygen atoms in total. The van der Waals surface area contributed by atoms with Crippen LogP contribution < -0.4 is 21.7 Å². The third-order valence-electron chi connectivity index (χ3n) is 12.7. The topological polar surface area (TPSA) is 99.4 Å². The lowest BCUT2D eigenvalue weighted by atomic mass is 9.44. The fraction of sp³-hybridized carbons (Fsp3) is 0.971. The zero-order valence-electron chi connectivity index (χ0n) is 26.3. The maximum atomic E-state index is 11.2. The van der Waals surface area contributed by atoms with Gasteiger partial charge in [-0.3, -0.25) is 4.79 Å². The van der Waals surface area contributed by atoms with Crippen LogP contribution in [0.2, 0.25) is 0 Å². The number of nitrogens with two attached hydrogens (primary N) is 1. The minimum absolute atomic E-state index is 0.337. The van der Waals surface area contributed by atoms with E-state index in [1.807, 2.05) is 0 Å². The van der Waals surface area contributed by atoms with Gasteiger partial charge in [-0.2, -0.15) is 0 Å². The molecule has 0 saturated heterocycles. The summed E-state index contributed by atoms with van der Waals surface area (Å²) in [4.78, 5) is 11.2. The predicted octanol–water partition coefficient (Wildman–Crippen LogP) is 5.80. The highest BCUT2D eigenvalue weighted by Gasteiger charge is 2.60. The van der Waals surface area contributed by atoms with Crippen LogP contribution in [0.3, 0.4) is 0 Å². The number of fused-ring (bicyclic) bond motifs is 5. The normalized spacial score (nSPS) is 37.9. The third-order valence-corrected chi connectivity index (χ3v) is 12.7. The summed E-state index contributed by atoms with van der Waals surface area (Å²) in [5, 5.41) is 20.3. The number of hydrogen-bond donors (Lipinski definition) is 5. The second-order valence-corrected chi connectivity index (χ2v) is 14.9. The summed E-state index contributed by atoms with van der Waals surface area (Å²) in [7, 11) is 0. The summed E-state index contributed by atoms with van der Waals surface area (Å²) in [6, 6.07) is 0.717. The Kier molecular flexibility index (Phi) is 12.2. The Bertz CT molecular complexity index is 779. The van der Waals surface area contributed by atoms with Crippen LogP contribution in [0.25, 0.3) is 0 Å². The van der Waals surface area contributed by atoms with Crippen molar-refractivity contribution in [3.8, 4) is 0 Å². The van der Waals surface area contributed by atoms with Gasteiger partial charge in [-0.1, -0.05) is 20.8 Å². The maximum Gasteiger partial charge on any atom is 0.303 e. The molecular formula is C34H64N4O2. The zero-order chi connectivity index (χ0) is 28.6. The number of carboxylic acids is 1. The molecule has 6 N–H and O–H groups in total. The Morgan fingerprint density at radius 3 is 2.25 bits per heavy atom. The van der Waals surface area contributed by atoms with Gasteiger partial charge in [0.15, 0.2) is 0 Å². The first-order valence-electron chi connectivity index (χ1n) is 17.4. The molecule has 4 fully saturated rings. The van der Waals surface area contributed by atoms with Gasteiger partial charge < -0.3 is 26.8 Å². The third kappa shape index (κ3) is 7.63. The standard InChI is InChI=1S/C34H64N4O2/c1-25(8-13-32(39)40)29-11-12-30-28-10-9-26-24-27(14-16-33(26,2)31(28)15-17-34(29,30)3)38-23-7-22-37-20-5-4-19-36-21-6-18-35/h25-31,36-38H,4-24,35H2,1-3H3,(H,39,40). The van der Waals surface area contributed by atoms with Gasteiger partial charge in [0.1, 0.15) is 0 Å². The molecule has 4 aliphatic rings. The molecule has 4 rings (SSSR count). The van der Waals surface area contributed by atoms with Crippen LogP contribution >= 0.6 is 0 Å². The van der Waals surface area contributed by atoms with Crippen molar-refractivity contribution in [2.75, 3.05) is 39.3 Å². The van der Waals surface area contributed by atoms with Gasteiger partial charge in [0.25, 0.3) is 0 Å². The van der Waals surface area contributed by atoms with Crippen molar-refractivity contribution in [3.05, 3.63) is 0 Å². The molecule has 4 aliphatic carbocycles. The van der Waals surface area contributed by atoms with Gasteiger partial charge in [-0.05, 0) is 175 Å². The van der Waals surface area contributed by atoms with Crippen LogP contribution in [-0.2, 0) is 4.79 Å². The van der Waals surface area contributed by atoms with Gasteiger partial charge in [0.05, 0.1) is 0 Å². The maximum absolute atomic E-state index is 11.2. The van der Waals surface area contributed by atoms with Crippen LogP contribution in [0, 0.1) is 46.3 Å². The van der Waals surface area contributed by atoms with E-state index in [-0.39, 0.29) is 0 Å². The molecule has 0 aliphatic heterocycles. The number of unbranched alkanes of at least 4 members (excludes halogenated alkanes) is 1. The summed E-state index contributed by atoms with van der Waals surface area (Å²) in [5.41, 5.74) is 6.51. The van der Waals surface area contributed by atoms with Crippen molar-refractivity contribution in [2.45, 2.75) is 123 Å². The van der Waals surface area contributed by atoms with E-state index in [1.54, 1.807) is 0 Å². The molecule has 0 radical (unpaired) electrons. The molecule has 0 heterocycles. The molecule has 6 heteroatoms. The molecule has 0 aromatic heterocycles. The van der Waals surface area contributed by atoms with Crippen molar-refractivity contribution in [1.82, 2.24) is 16.0 Å². The Labute approximate surface area is 246 Å². The van der Waals surface area contributed by atoms with E-state index in [2.05, 4.69) is 36.7 Å². The summed E-state index contributed by atoms with van der Waals surface area (Å²) >= 11 is 0. The van der Waals surface area contributed by atoms with Crippen molar-refractivity contribution < 1.29 is 9.90 Å². The number of carboxylic acid groups (broad SMARTS) is 1. The van der Waals surface area contributed by atoms with Gasteiger partial charge in [-0.25, -0.2) is 0 Å². The summed E-state index contributed by atoms with van der Waals surface area (Å²) in [6.07, 6.45) is 18.5. The molecule has 0 bridgehead atoms. The lowest BCUT2D eigenvalue weighted by Crippen LogP contribution is -2.55. The zero-order valence-corrected chi connectivity index (χ0v) is 26.3. The Balaban J connectivity index is 1.16. The fourth-order valence-corrected chi connectivity index (χ4v) is 10.5. The SMILES string of the molecule is CC(CCC(=O)O)C1CCC2C3CCC4CC(NCCCNCCCCNCCCN)CCC4(C)C3CCC12C. The first-order valence-corrected chi connectivity index (χ1v) is 17.4. The first-order chi connectivity index (χ1) is 19.3. The van der Waals surface area contributed by atoms with Crippen molar-refractivity contribution >= 4 is 5.97 Å². The van der Waals surface area contributed by atoms with Gasteiger partial charge >= 0.3 is 5.97 Å². The van der Waals surface area contributed by atoms with Crippen LogP contribution in [0.4, 0.5) is 0 Å². The lowest BCUT2D eigenvalue weighted by molar-refractivity contribution is -0.137. The van der Waals surface area contributed by atoms with Gasteiger partial charge in [0, 0.05) is 12.5 Å². The van der Waals surface area contributed by atoms with Crippen LogP contribution in [0.1, 0.15) is 117 Å². The number of nitrogens with one attached hydrogen (secondary N) is 3. The number of carbonyl (C=O) groups is 1. The average molecular weight is 561 g/mol. The number of aliphatic carboxylic acids is 1. The molecule has 9 unspecified atom stereocenters. The molecule has 0 aromatic rings. The number of rotatable bonds is 17. The summed E-state index contributed by atoms with van der Waals surface area (Å²) in [6.45, 7) is 14.0. The summed E-state index contributed by atoms with van der Waals surface area (Å²) < 4.78 is 0. The molecule has 0 spiro atoms.